The molecule has 0 bridgehead atoms. The Hall–Kier alpha value is -1.06. The maximum atomic E-state index is 12.1. The Morgan fingerprint density at radius 1 is 1.39 bits per heavy atom. The number of halogens is 1. The van der Waals surface area contributed by atoms with E-state index in [4.69, 9.17) is 0 Å². The van der Waals surface area contributed by atoms with Crippen LogP contribution in [-0.2, 0) is 4.79 Å². The quantitative estimate of drug-likeness (QED) is 0.866. The van der Waals surface area contributed by atoms with Gasteiger partial charge < -0.3 is 10.6 Å². The Morgan fingerprint density at radius 3 is 2.78 bits per heavy atom. The van der Waals surface area contributed by atoms with Gasteiger partial charge >= 0.3 is 0 Å². The molecule has 1 aromatic carbocycles. The van der Waals surface area contributed by atoms with Gasteiger partial charge in [0.15, 0.2) is 0 Å². The van der Waals surface area contributed by atoms with E-state index in [1.165, 1.54) is 5.56 Å². The molecule has 3 nitrogen and oxygen atoms in total. The van der Waals surface area contributed by atoms with Crippen molar-refractivity contribution < 1.29 is 4.79 Å². The van der Waals surface area contributed by atoms with Crippen LogP contribution in [0.3, 0.4) is 0 Å². The van der Waals surface area contributed by atoms with Crippen LogP contribution in [0, 0.1) is 19.8 Å². The molecular formula is C14H21ClN2O. The van der Waals surface area contributed by atoms with E-state index >= 15 is 0 Å². The minimum Gasteiger partial charge on any atom is -0.326 e. The van der Waals surface area contributed by atoms with Crippen molar-refractivity contribution >= 4 is 24.0 Å². The fourth-order valence-corrected chi connectivity index (χ4v) is 2.26. The number of carbonyl (C=O) groups is 1. The van der Waals surface area contributed by atoms with Gasteiger partial charge in [-0.25, -0.2) is 0 Å². The number of anilines is 1. The summed E-state index contributed by atoms with van der Waals surface area (Å²) >= 11 is 0. The van der Waals surface area contributed by atoms with Crippen LogP contribution in [0.5, 0.6) is 0 Å². The van der Waals surface area contributed by atoms with Crippen molar-refractivity contribution in [1.82, 2.24) is 5.32 Å². The number of carbonyl (C=O) groups excluding carboxylic acids is 1. The number of amides is 1. The maximum Gasteiger partial charge on any atom is 0.228 e. The van der Waals surface area contributed by atoms with Crippen molar-refractivity contribution in [3.8, 4) is 0 Å². The van der Waals surface area contributed by atoms with Gasteiger partial charge in [0.25, 0.3) is 0 Å². The Morgan fingerprint density at radius 2 is 2.17 bits per heavy atom. The summed E-state index contributed by atoms with van der Waals surface area (Å²) in [5.74, 6) is 0.258. The number of hydrogen-bond acceptors (Lipinski definition) is 2. The largest absolute Gasteiger partial charge is 0.326 e. The van der Waals surface area contributed by atoms with Gasteiger partial charge in [-0.2, -0.15) is 0 Å². The lowest BCUT2D eigenvalue weighted by Crippen LogP contribution is -2.37. The van der Waals surface area contributed by atoms with Gasteiger partial charge in [-0.15, -0.1) is 12.4 Å². The smallest absolute Gasteiger partial charge is 0.228 e. The molecule has 4 heteroatoms. The van der Waals surface area contributed by atoms with Crippen molar-refractivity contribution in [2.24, 2.45) is 5.92 Å². The third-order valence-electron chi connectivity index (χ3n) is 3.31. The lowest BCUT2D eigenvalue weighted by molar-refractivity contribution is -0.120. The van der Waals surface area contributed by atoms with Crippen LogP contribution in [0.1, 0.15) is 24.0 Å². The van der Waals surface area contributed by atoms with Gasteiger partial charge in [0.05, 0.1) is 5.92 Å². The highest BCUT2D eigenvalue weighted by Gasteiger charge is 2.21. The standard InChI is InChI=1S/C14H20N2O.ClH/c1-10-5-6-13(11(2)8-10)16-14(17)12-4-3-7-15-9-12;/h5-6,8,12,15H,3-4,7,9H2,1-2H3,(H,16,17);1H. The molecule has 18 heavy (non-hydrogen) atoms. The first-order valence-corrected chi connectivity index (χ1v) is 6.25. The molecule has 1 saturated heterocycles. The maximum absolute atomic E-state index is 12.1. The average molecular weight is 269 g/mol. The minimum absolute atomic E-state index is 0. The van der Waals surface area contributed by atoms with Crippen LogP contribution in [0.4, 0.5) is 5.69 Å². The zero-order chi connectivity index (χ0) is 12.3. The van der Waals surface area contributed by atoms with Crippen molar-refractivity contribution in [2.75, 3.05) is 18.4 Å². The van der Waals surface area contributed by atoms with Gasteiger partial charge in [-0.05, 0) is 44.9 Å². The molecule has 2 rings (SSSR count). The molecule has 0 aliphatic carbocycles. The van der Waals surface area contributed by atoms with Gasteiger partial charge in [-0.3, -0.25) is 4.79 Å². The van der Waals surface area contributed by atoms with Crippen molar-refractivity contribution in [1.29, 1.82) is 0 Å². The lowest BCUT2D eigenvalue weighted by atomic mass is 9.98. The summed E-state index contributed by atoms with van der Waals surface area (Å²) in [7, 11) is 0. The first-order valence-electron chi connectivity index (χ1n) is 6.25. The molecular weight excluding hydrogens is 248 g/mol. The molecule has 1 atom stereocenters. The summed E-state index contributed by atoms with van der Waals surface area (Å²) in [6.07, 6.45) is 2.08. The van der Waals surface area contributed by atoms with Gasteiger partial charge in [0.2, 0.25) is 5.91 Å². The predicted molar refractivity (Wildman–Crippen MR) is 77.4 cm³/mol. The first kappa shape index (κ1) is 15.0. The summed E-state index contributed by atoms with van der Waals surface area (Å²) in [6.45, 7) is 5.93. The predicted octanol–water partition coefficient (Wildman–Crippen LogP) is 2.66. The Bertz CT molecular complexity index is 414. The van der Waals surface area contributed by atoms with Crippen molar-refractivity contribution in [3.63, 3.8) is 0 Å². The fourth-order valence-electron chi connectivity index (χ4n) is 2.26. The number of benzene rings is 1. The number of rotatable bonds is 2. The van der Waals surface area contributed by atoms with Gasteiger partial charge in [0, 0.05) is 12.2 Å². The van der Waals surface area contributed by atoms with Crippen molar-refractivity contribution in [2.45, 2.75) is 26.7 Å². The molecule has 1 amide bonds. The molecule has 1 aliphatic rings. The van der Waals surface area contributed by atoms with E-state index in [-0.39, 0.29) is 24.2 Å². The van der Waals surface area contributed by atoms with E-state index in [9.17, 15) is 4.79 Å². The Kier molecular flexibility index (Phi) is 5.63. The normalized spacial score (nSPS) is 18.9. The second kappa shape index (κ2) is 6.76. The second-order valence-corrected chi connectivity index (χ2v) is 4.85. The topological polar surface area (TPSA) is 41.1 Å². The van der Waals surface area contributed by atoms with Crippen molar-refractivity contribution in [3.05, 3.63) is 29.3 Å². The second-order valence-electron chi connectivity index (χ2n) is 4.85. The number of piperidine rings is 1. The third-order valence-corrected chi connectivity index (χ3v) is 3.31. The summed E-state index contributed by atoms with van der Waals surface area (Å²) in [6, 6.07) is 6.11. The average Bonchev–Trinajstić information content (AvgIpc) is 2.34. The van der Waals surface area contributed by atoms with Crippen LogP contribution >= 0.6 is 12.4 Å². The van der Waals surface area contributed by atoms with E-state index < -0.39 is 0 Å². The highest BCUT2D eigenvalue weighted by molar-refractivity contribution is 5.93. The van der Waals surface area contributed by atoms with E-state index in [1.54, 1.807) is 0 Å². The summed E-state index contributed by atoms with van der Waals surface area (Å²) < 4.78 is 0. The van der Waals surface area contributed by atoms with Gasteiger partial charge in [0.1, 0.15) is 0 Å². The van der Waals surface area contributed by atoms with E-state index in [1.807, 2.05) is 19.1 Å². The van der Waals surface area contributed by atoms with Crippen LogP contribution in [0.15, 0.2) is 18.2 Å². The molecule has 1 heterocycles. The number of aryl methyl sites for hydroxylation is 2. The molecule has 0 saturated carbocycles. The van der Waals surface area contributed by atoms with Crippen LogP contribution in [-0.4, -0.2) is 19.0 Å². The number of nitrogens with one attached hydrogen (secondary N) is 2. The highest BCUT2D eigenvalue weighted by Crippen LogP contribution is 2.18. The molecule has 1 fully saturated rings. The SMILES string of the molecule is Cc1ccc(NC(=O)C2CCCNC2)c(C)c1.Cl. The third kappa shape index (κ3) is 3.72. The molecule has 100 valence electrons. The van der Waals surface area contributed by atoms with Crippen LogP contribution < -0.4 is 10.6 Å². The highest BCUT2D eigenvalue weighted by atomic mass is 35.5. The summed E-state index contributed by atoms with van der Waals surface area (Å²) in [5.41, 5.74) is 3.29. The molecule has 1 aliphatic heterocycles. The molecule has 0 radical (unpaired) electrons. The molecule has 0 spiro atoms. The van der Waals surface area contributed by atoms with E-state index in [0.717, 1.165) is 37.2 Å². The Labute approximate surface area is 115 Å². The van der Waals surface area contributed by atoms with E-state index in [0.29, 0.717) is 0 Å². The minimum atomic E-state index is 0. The molecule has 1 unspecified atom stereocenters. The zero-order valence-corrected chi connectivity index (χ0v) is 11.8. The zero-order valence-electron chi connectivity index (χ0n) is 11.0. The first-order chi connectivity index (χ1) is 8.16. The fraction of sp³-hybridized carbons (Fsp3) is 0.500. The van der Waals surface area contributed by atoms with Crippen LogP contribution in [0.2, 0.25) is 0 Å². The lowest BCUT2D eigenvalue weighted by Gasteiger charge is -2.22. The summed E-state index contributed by atoms with van der Waals surface area (Å²) in [5, 5.41) is 6.29. The van der Waals surface area contributed by atoms with Crippen LogP contribution in [0.25, 0.3) is 0 Å². The number of hydrogen-bond donors (Lipinski definition) is 2. The van der Waals surface area contributed by atoms with E-state index in [2.05, 4.69) is 23.6 Å². The summed E-state index contributed by atoms with van der Waals surface area (Å²) in [4.78, 5) is 12.1. The monoisotopic (exact) mass is 268 g/mol. The molecule has 2 N–H and O–H groups in total. The Balaban J connectivity index is 0.00000162. The molecule has 0 aromatic heterocycles. The molecule has 1 aromatic rings. The van der Waals surface area contributed by atoms with Gasteiger partial charge in [-0.1, -0.05) is 17.7 Å².